The number of hydrogen-bond donors (Lipinski definition) is 0. The number of amides is 1. The lowest BCUT2D eigenvalue weighted by Crippen LogP contribution is -2.51. The van der Waals surface area contributed by atoms with Gasteiger partial charge in [0, 0.05) is 32.2 Å². The van der Waals surface area contributed by atoms with Gasteiger partial charge < -0.3 is 14.4 Å². The van der Waals surface area contributed by atoms with Gasteiger partial charge in [-0.2, -0.15) is 4.31 Å². The first-order chi connectivity index (χ1) is 14.2. The first-order valence-corrected chi connectivity index (χ1v) is 13.4. The number of ether oxygens (including phenoxy) is 2. The second kappa shape index (κ2) is 9.52. The number of piperazine rings is 1. The van der Waals surface area contributed by atoms with Gasteiger partial charge in [0.1, 0.15) is 19.0 Å². The maximum Gasteiger partial charge on any atom is 0.243 e. The molecule has 9 nitrogen and oxygen atoms in total. The quantitative estimate of drug-likeness (QED) is 0.530. The number of benzene rings is 1. The minimum Gasteiger partial charge on any atom is -0.486 e. The number of nitrogens with zero attached hydrogens (tertiary/aromatic N) is 2. The first kappa shape index (κ1) is 22.8. The van der Waals surface area contributed by atoms with Gasteiger partial charge in [-0.3, -0.25) is 4.79 Å². The molecule has 1 saturated heterocycles. The molecule has 0 aromatic heterocycles. The summed E-state index contributed by atoms with van der Waals surface area (Å²) < 4.78 is 62.3. The molecule has 1 aromatic rings. The topological polar surface area (TPSA) is 110 Å². The number of carbonyl (C=O) groups excluding carboxylic acids is 1. The number of rotatable bonds is 8. The highest BCUT2D eigenvalue weighted by molar-refractivity contribution is 7.92. The van der Waals surface area contributed by atoms with Crippen molar-refractivity contribution in [3.63, 3.8) is 0 Å². The van der Waals surface area contributed by atoms with Gasteiger partial charge in [0.15, 0.2) is 21.3 Å². The van der Waals surface area contributed by atoms with E-state index in [1.54, 1.807) is 6.07 Å². The van der Waals surface area contributed by atoms with Crippen molar-refractivity contribution in [2.24, 2.45) is 0 Å². The molecule has 0 unspecified atom stereocenters. The maximum atomic E-state index is 13.0. The molecule has 0 atom stereocenters. The summed E-state index contributed by atoms with van der Waals surface area (Å²) >= 11 is 0. The largest absolute Gasteiger partial charge is 0.486 e. The average Bonchev–Trinajstić information content (AvgIpc) is 2.73. The first-order valence-electron chi connectivity index (χ1n) is 10.1. The highest BCUT2D eigenvalue weighted by Crippen LogP contribution is 2.33. The number of hydrogen-bond acceptors (Lipinski definition) is 7. The SMILES string of the molecule is CCCCCS(=O)(=O)CC(=O)N1CCN(S(=O)(=O)c2ccc3c(c2)OCCO3)CC1. The Morgan fingerprint density at radius 2 is 1.63 bits per heavy atom. The van der Waals surface area contributed by atoms with Crippen LogP contribution in [0.3, 0.4) is 0 Å². The summed E-state index contributed by atoms with van der Waals surface area (Å²) in [4.78, 5) is 13.9. The second-order valence-electron chi connectivity index (χ2n) is 7.39. The second-order valence-corrected chi connectivity index (χ2v) is 11.5. The van der Waals surface area contributed by atoms with Crippen LogP contribution in [0.5, 0.6) is 11.5 Å². The Kier molecular flexibility index (Phi) is 7.25. The summed E-state index contributed by atoms with van der Waals surface area (Å²) in [5, 5.41) is 0. The predicted molar refractivity (Wildman–Crippen MR) is 111 cm³/mol. The van der Waals surface area contributed by atoms with Gasteiger partial charge in [0.05, 0.1) is 10.6 Å². The highest BCUT2D eigenvalue weighted by Gasteiger charge is 2.32. The molecule has 2 aliphatic heterocycles. The van der Waals surface area contributed by atoms with Crippen molar-refractivity contribution in [1.82, 2.24) is 9.21 Å². The molecule has 0 radical (unpaired) electrons. The van der Waals surface area contributed by atoms with Gasteiger partial charge in [-0.25, -0.2) is 16.8 Å². The molecule has 1 amide bonds. The van der Waals surface area contributed by atoms with Gasteiger partial charge in [0.25, 0.3) is 0 Å². The van der Waals surface area contributed by atoms with Crippen molar-refractivity contribution in [2.75, 3.05) is 50.9 Å². The van der Waals surface area contributed by atoms with E-state index in [1.807, 2.05) is 6.92 Å². The number of sulfone groups is 1. The Balaban J connectivity index is 1.58. The van der Waals surface area contributed by atoms with Crippen LogP contribution in [0.2, 0.25) is 0 Å². The molecule has 0 saturated carbocycles. The number of carbonyl (C=O) groups is 1. The lowest BCUT2D eigenvalue weighted by Gasteiger charge is -2.34. The predicted octanol–water partition coefficient (Wildman–Crippen LogP) is 0.896. The summed E-state index contributed by atoms with van der Waals surface area (Å²) in [6.07, 6.45) is 2.26. The zero-order valence-electron chi connectivity index (χ0n) is 17.1. The van der Waals surface area contributed by atoms with Crippen LogP contribution in [-0.2, 0) is 24.7 Å². The molecule has 0 bridgehead atoms. The third-order valence-electron chi connectivity index (χ3n) is 5.15. The van der Waals surface area contributed by atoms with Crippen LogP contribution in [0, 0.1) is 0 Å². The van der Waals surface area contributed by atoms with Crippen LogP contribution < -0.4 is 9.47 Å². The molecule has 2 heterocycles. The minimum absolute atomic E-state index is 0.00500. The van der Waals surface area contributed by atoms with E-state index in [2.05, 4.69) is 0 Å². The fourth-order valence-electron chi connectivity index (χ4n) is 3.43. The summed E-state index contributed by atoms with van der Waals surface area (Å²) in [6.45, 7) is 3.30. The van der Waals surface area contributed by atoms with Crippen molar-refractivity contribution >= 4 is 25.8 Å². The van der Waals surface area contributed by atoms with Crippen LogP contribution in [0.4, 0.5) is 0 Å². The summed E-state index contributed by atoms with van der Waals surface area (Å²) in [7, 11) is -7.20. The molecule has 0 aliphatic carbocycles. The van der Waals surface area contributed by atoms with Crippen molar-refractivity contribution in [1.29, 1.82) is 0 Å². The zero-order chi connectivity index (χ0) is 21.8. The minimum atomic E-state index is -3.75. The monoisotopic (exact) mass is 460 g/mol. The standard InChI is InChI=1S/C19H28N2O7S2/c1-2-3-4-13-29(23,24)15-19(22)20-7-9-21(10-8-20)30(25,26)16-5-6-17-18(14-16)28-12-11-27-17/h5-6,14H,2-4,7-13,15H2,1H3. The molecule has 3 rings (SSSR count). The third kappa shape index (κ3) is 5.44. The molecule has 2 aliphatic rings. The van der Waals surface area contributed by atoms with E-state index >= 15 is 0 Å². The van der Waals surface area contributed by atoms with Crippen LogP contribution in [0.1, 0.15) is 26.2 Å². The van der Waals surface area contributed by atoms with E-state index in [4.69, 9.17) is 9.47 Å². The molecular formula is C19H28N2O7S2. The third-order valence-corrected chi connectivity index (χ3v) is 8.64. The zero-order valence-corrected chi connectivity index (χ0v) is 18.7. The molecule has 0 spiro atoms. The summed E-state index contributed by atoms with van der Waals surface area (Å²) in [6, 6.07) is 4.50. The Hall–Kier alpha value is -1.85. The number of fused-ring (bicyclic) bond motifs is 1. The van der Waals surface area contributed by atoms with E-state index in [9.17, 15) is 21.6 Å². The van der Waals surface area contributed by atoms with Crippen molar-refractivity contribution in [2.45, 2.75) is 31.1 Å². The molecule has 1 fully saturated rings. The number of unbranched alkanes of at least 4 members (excludes halogenated alkanes) is 2. The fourth-order valence-corrected chi connectivity index (χ4v) is 6.22. The van der Waals surface area contributed by atoms with Crippen LogP contribution in [-0.4, -0.2) is 82.8 Å². The molecular weight excluding hydrogens is 432 g/mol. The van der Waals surface area contributed by atoms with Crippen molar-refractivity contribution < 1.29 is 31.1 Å². The Bertz CT molecular complexity index is 969. The van der Waals surface area contributed by atoms with E-state index in [1.165, 1.54) is 21.3 Å². The Morgan fingerprint density at radius 1 is 0.967 bits per heavy atom. The molecule has 11 heteroatoms. The van der Waals surface area contributed by atoms with Gasteiger partial charge in [-0.15, -0.1) is 0 Å². The van der Waals surface area contributed by atoms with Crippen molar-refractivity contribution in [3.05, 3.63) is 18.2 Å². The number of sulfonamides is 1. The van der Waals surface area contributed by atoms with Crippen LogP contribution in [0.15, 0.2) is 23.1 Å². The van der Waals surface area contributed by atoms with E-state index in [0.29, 0.717) is 31.1 Å². The summed E-state index contributed by atoms with van der Waals surface area (Å²) in [5.74, 6) is -0.0838. The molecule has 1 aromatic carbocycles. The van der Waals surface area contributed by atoms with Crippen molar-refractivity contribution in [3.8, 4) is 11.5 Å². The summed E-state index contributed by atoms with van der Waals surface area (Å²) in [5.41, 5.74) is 0. The van der Waals surface area contributed by atoms with Crippen LogP contribution >= 0.6 is 0 Å². The highest BCUT2D eigenvalue weighted by atomic mass is 32.2. The maximum absolute atomic E-state index is 13.0. The lowest BCUT2D eigenvalue weighted by atomic mass is 10.3. The molecule has 168 valence electrons. The van der Waals surface area contributed by atoms with Gasteiger partial charge in [-0.05, 0) is 18.6 Å². The Morgan fingerprint density at radius 3 is 2.30 bits per heavy atom. The average molecular weight is 461 g/mol. The van der Waals surface area contributed by atoms with E-state index < -0.39 is 31.5 Å². The molecule has 30 heavy (non-hydrogen) atoms. The van der Waals surface area contributed by atoms with Gasteiger partial charge in [0.2, 0.25) is 15.9 Å². The van der Waals surface area contributed by atoms with E-state index in [0.717, 1.165) is 12.8 Å². The fraction of sp³-hybridized carbons (Fsp3) is 0.632. The van der Waals surface area contributed by atoms with Gasteiger partial charge >= 0.3 is 0 Å². The van der Waals surface area contributed by atoms with Crippen LogP contribution in [0.25, 0.3) is 0 Å². The smallest absolute Gasteiger partial charge is 0.243 e. The Labute approximate surface area is 177 Å². The van der Waals surface area contributed by atoms with E-state index in [-0.39, 0.29) is 36.8 Å². The normalized spacial score (nSPS) is 17.7. The van der Waals surface area contributed by atoms with Gasteiger partial charge in [-0.1, -0.05) is 19.8 Å². The lowest BCUT2D eigenvalue weighted by molar-refractivity contribution is -0.129. The molecule has 0 N–H and O–H groups in total.